The summed E-state index contributed by atoms with van der Waals surface area (Å²) in [5, 5.41) is 0. The van der Waals surface area contributed by atoms with E-state index in [0.29, 0.717) is 0 Å². The average Bonchev–Trinajstić information content (AvgIpc) is 2.91. The van der Waals surface area contributed by atoms with Gasteiger partial charge in [0.2, 0.25) is 0 Å². The molecule has 0 unspecified atom stereocenters. The molecule has 0 radical (unpaired) electrons. The lowest BCUT2D eigenvalue weighted by molar-refractivity contribution is 0.0496. The van der Waals surface area contributed by atoms with Gasteiger partial charge in [-0.1, -0.05) is 13.8 Å². The first-order chi connectivity index (χ1) is 9.07. The van der Waals surface area contributed by atoms with Crippen molar-refractivity contribution >= 4 is 0 Å². The molecule has 2 N–H and O–H groups in total. The van der Waals surface area contributed by atoms with Crippen LogP contribution in [0, 0.1) is 11.8 Å². The maximum absolute atomic E-state index is 6.12. The van der Waals surface area contributed by atoms with Crippen LogP contribution in [0.3, 0.4) is 0 Å². The second-order valence-electron chi connectivity index (χ2n) is 6.50. The fourth-order valence-electron chi connectivity index (χ4n) is 3.41. The van der Waals surface area contributed by atoms with Crippen LogP contribution >= 0.6 is 0 Å². The van der Waals surface area contributed by atoms with E-state index in [1.807, 2.05) is 12.3 Å². The van der Waals surface area contributed by atoms with Crippen molar-refractivity contribution < 1.29 is 4.42 Å². The van der Waals surface area contributed by atoms with Crippen molar-refractivity contribution in [3.63, 3.8) is 0 Å². The van der Waals surface area contributed by atoms with Gasteiger partial charge in [0.05, 0.1) is 12.5 Å². The monoisotopic (exact) mass is 264 g/mol. The summed E-state index contributed by atoms with van der Waals surface area (Å²) in [7, 11) is 2.20. The van der Waals surface area contributed by atoms with Crippen LogP contribution in [0.2, 0.25) is 0 Å². The van der Waals surface area contributed by atoms with Gasteiger partial charge in [0, 0.05) is 24.2 Å². The summed E-state index contributed by atoms with van der Waals surface area (Å²) >= 11 is 0. The second kappa shape index (κ2) is 6.10. The van der Waals surface area contributed by atoms with E-state index in [0.717, 1.165) is 24.9 Å². The Morgan fingerprint density at radius 3 is 2.58 bits per heavy atom. The number of nitrogens with zero attached hydrogens (tertiary/aromatic N) is 1. The number of likely N-dealkylation sites (N-methyl/N-ethyl adjacent to an activating group) is 1. The summed E-state index contributed by atoms with van der Waals surface area (Å²) in [5.41, 5.74) is 7.55. The fraction of sp³-hybridized carbons (Fsp3) is 0.750. The molecule has 1 fully saturated rings. The third kappa shape index (κ3) is 3.21. The topological polar surface area (TPSA) is 42.4 Å². The Morgan fingerprint density at radius 2 is 2.11 bits per heavy atom. The zero-order chi connectivity index (χ0) is 13.9. The van der Waals surface area contributed by atoms with E-state index in [-0.39, 0.29) is 5.54 Å². The van der Waals surface area contributed by atoms with Crippen molar-refractivity contribution in [2.45, 2.75) is 51.6 Å². The van der Waals surface area contributed by atoms with Gasteiger partial charge in [0.25, 0.3) is 0 Å². The van der Waals surface area contributed by atoms with Gasteiger partial charge in [-0.3, -0.25) is 4.90 Å². The van der Waals surface area contributed by atoms with Gasteiger partial charge in [0.1, 0.15) is 0 Å². The predicted octanol–water partition coefficient (Wildman–Crippen LogP) is 3.26. The van der Waals surface area contributed by atoms with Crippen LogP contribution < -0.4 is 5.73 Å². The summed E-state index contributed by atoms with van der Waals surface area (Å²) in [6.45, 7) is 6.37. The van der Waals surface area contributed by atoms with E-state index < -0.39 is 0 Å². The summed E-state index contributed by atoms with van der Waals surface area (Å²) in [5.74, 6) is 1.68. The lowest BCUT2D eigenvalue weighted by Crippen LogP contribution is -2.54. The smallest absolute Gasteiger partial charge is 0.0947 e. The highest BCUT2D eigenvalue weighted by Gasteiger charge is 2.38. The minimum atomic E-state index is 0.183. The highest BCUT2D eigenvalue weighted by Crippen LogP contribution is 2.38. The Kier molecular flexibility index (Phi) is 4.69. The highest BCUT2D eigenvalue weighted by atomic mass is 16.3. The van der Waals surface area contributed by atoms with Crippen LogP contribution in [0.1, 0.15) is 45.1 Å². The van der Waals surface area contributed by atoms with Gasteiger partial charge < -0.3 is 10.2 Å². The van der Waals surface area contributed by atoms with E-state index in [1.165, 1.54) is 31.2 Å². The molecule has 0 amide bonds. The number of nitrogens with two attached hydrogens (primary N) is 1. The molecule has 3 heteroatoms. The molecular formula is C16H28N2O. The minimum Gasteiger partial charge on any atom is -0.472 e. The molecule has 0 atom stereocenters. The fourth-order valence-corrected chi connectivity index (χ4v) is 3.41. The lowest BCUT2D eigenvalue weighted by Gasteiger charge is -2.46. The molecule has 0 spiro atoms. The third-order valence-electron chi connectivity index (χ3n) is 5.09. The van der Waals surface area contributed by atoms with Crippen LogP contribution in [0.4, 0.5) is 0 Å². The van der Waals surface area contributed by atoms with Crippen molar-refractivity contribution in [1.82, 2.24) is 4.90 Å². The zero-order valence-electron chi connectivity index (χ0n) is 12.6. The number of hydrogen-bond acceptors (Lipinski definition) is 3. The zero-order valence-corrected chi connectivity index (χ0v) is 12.6. The van der Waals surface area contributed by atoms with Gasteiger partial charge in [-0.05, 0) is 50.6 Å². The molecule has 0 aromatic carbocycles. The SMILES string of the molecule is CC(C)C1CCC(CN)(N(C)Cc2ccoc2)CC1. The first-order valence-corrected chi connectivity index (χ1v) is 7.50. The molecule has 19 heavy (non-hydrogen) atoms. The van der Waals surface area contributed by atoms with Crippen molar-refractivity contribution in [2.24, 2.45) is 17.6 Å². The quantitative estimate of drug-likeness (QED) is 0.887. The number of hydrogen-bond donors (Lipinski definition) is 1. The Labute approximate surface area is 117 Å². The lowest BCUT2D eigenvalue weighted by atomic mass is 9.72. The van der Waals surface area contributed by atoms with E-state index in [9.17, 15) is 0 Å². The molecule has 2 rings (SSSR count). The largest absolute Gasteiger partial charge is 0.472 e. The van der Waals surface area contributed by atoms with Crippen LogP contribution in [-0.4, -0.2) is 24.0 Å². The molecule has 1 aromatic rings. The van der Waals surface area contributed by atoms with Crippen LogP contribution in [-0.2, 0) is 6.54 Å². The van der Waals surface area contributed by atoms with E-state index in [1.54, 1.807) is 6.26 Å². The van der Waals surface area contributed by atoms with Crippen molar-refractivity contribution in [2.75, 3.05) is 13.6 Å². The Morgan fingerprint density at radius 1 is 1.42 bits per heavy atom. The van der Waals surface area contributed by atoms with Gasteiger partial charge >= 0.3 is 0 Å². The molecule has 0 aliphatic heterocycles. The molecule has 1 saturated carbocycles. The summed E-state index contributed by atoms with van der Waals surface area (Å²) < 4.78 is 5.16. The van der Waals surface area contributed by atoms with E-state index >= 15 is 0 Å². The Hall–Kier alpha value is -0.800. The third-order valence-corrected chi connectivity index (χ3v) is 5.09. The average molecular weight is 264 g/mol. The number of furan rings is 1. The normalized spacial score (nSPS) is 28.2. The maximum atomic E-state index is 6.12. The second-order valence-corrected chi connectivity index (χ2v) is 6.50. The molecule has 1 aromatic heterocycles. The maximum Gasteiger partial charge on any atom is 0.0947 e. The van der Waals surface area contributed by atoms with Crippen molar-refractivity contribution in [3.05, 3.63) is 24.2 Å². The van der Waals surface area contributed by atoms with Crippen LogP contribution in [0.5, 0.6) is 0 Å². The highest BCUT2D eigenvalue weighted by molar-refractivity contribution is 5.07. The predicted molar refractivity (Wildman–Crippen MR) is 78.8 cm³/mol. The molecular weight excluding hydrogens is 236 g/mol. The van der Waals surface area contributed by atoms with Gasteiger partial charge in [-0.25, -0.2) is 0 Å². The van der Waals surface area contributed by atoms with Crippen LogP contribution in [0.25, 0.3) is 0 Å². The molecule has 1 aliphatic carbocycles. The molecule has 3 nitrogen and oxygen atoms in total. The molecule has 0 bridgehead atoms. The summed E-state index contributed by atoms with van der Waals surface area (Å²) in [4.78, 5) is 2.44. The molecule has 1 heterocycles. The molecule has 0 saturated heterocycles. The van der Waals surface area contributed by atoms with Crippen molar-refractivity contribution in [1.29, 1.82) is 0 Å². The Bertz CT molecular complexity index is 364. The first-order valence-electron chi connectivity index (χ1n) is 7.50. The van der Waals surface area contributed by atoms with Gasteiger partial charge in [-0.15, -0.1) is 0 Å². The number of rotatable bonds is 5. The van der Waals surface area contributed by atoms with Gasteiger partial charge in [0.15, 0.2) is 0 Å². The van der Waals surface area contributed by atoms with E-state index in [4.69, 9.17) is 10.2 Å². The molecule has 108 valence electrons. The van der Waals surface area contributed by atoms with Crippen molar-refractivity contribution in [3.8, 4) is 0 Å². The van der Waals surface area contributed by atoms with Gasteiger partial charge in [-0.2, -0.15) is 0 Å². The Balaban J connectivity index is 1.99. The molecule has 1 aliphatic rings. The standard InChI is InChI=1S/C16H28N2O/c1-13(2)15-4-7-16(12-17,8-5-15)18(3)10-14-6-9-19-11-14/h6,9,11,13,15H,4-5,7-8,10,12,17H2,1-3H3. The summed E-state index contributed by atoms with van der Waals surface area (Å²) in [6.07, 6.45) is 8.64. The minimum absolute atomic E-state index is 0.183. The van der Waals surface area contributed by atoms with E-state index in [2.05, 4.69) is 25.8 Å². The first kappa shape index (κ1) is 14.6. The van der Waals surface area contributed by atoms with Crippen LogP contribution in [0.15, 0.2) is 23.0 Å². The summed E-state index contributed by atoms with van der Waals surface area (Å²) in [6, 6.07) is 2.04.